The predicted molar refractivity (Wildman–Crippen MR) is 55.5 cm³/mol. The van der Waals surface area contributed by atoms with Crippen LogP contribution in [0, 0.1) is 0 Å². The van der Waals surface area contributed by atoms with E-state index in [4.69, 9.17) is 28.4 Å². The van der Waals surface area contributed by atoms with Crippen molar-refractivity contribution in [1.82, 2.24) is 9.97 Å². The van der Waals surface area contributed by atoms with Crippen molar-refractivity contribution < 1.29 is 5.21 Å². The zero-order chi connectivity index (χ0) is 10.7. The molecular formula is C8H9Cl2N3O. The molecular weight excluding hydrogens is 225 g/mol. The van der Waals surface area contributed by atoms with E-state index < -0.39 is 0 Å². The zero-order valence-corrected chi connectivity index (χ0v) is 9.21. The number of hydrogen-bond donors (Lipinski definition) is 1. The maximum absolute atomic E-state index is 8.34. The van der Waals surface area contributed by atoms with Gasteiger partial charge in [0.2, 0.25) is 0 Å². The number of oxime groups is 1. The molecule has 1 N–H and O–H groups in total. The third-order valence-corrected chi connectivity index (χ3v) is 2.15. The second-order valence-electron chi connectivity index (χ2n) is 2.98. The molecule has 4 nitrogen and oxygen atoms in total. The highest BCUT2D eigenvalue weighted by Crippen LogP contribution is 2.22. The molecule has 0 unspecified atom stereocenters. The van der Waals surface area contributed by atoms with Gasteiger partial charge >= 0.3 is 0 Å². The normalized spacial score (nSPS) is 11.5. The Balaban J connectivity index is 3.25. The second kappa shape index (κ2) is 4.57. The van der Waals surface area contributed by atoms with Gasteiger partial charge in [-0.3, -0.25) is 0 Å². The third kappa shape index (κ3) is 2.33. The molecule has 76 valence electrons. The molecule has 1 rings (SSSR count). The second-order valence-corrected chi connectivity index (χ2v) is 3.69. The smallest absolute Gasteiger partial charge is 0.143 e. The van der Waals surface area contributed by atoms with Gasteiger partial charge in [0.25, 0.3) is 0 Å². The fourth-order valence-corrected chi connectivity index (χ4v) is 1.35. The molecule has 0 amide bonds. The summed E-state index contributed by atoms with van der Waals surface area (Å²) in [6.45, 7) is 3.86. The van der Waals surface area contributed by atoms with Gasteiger partial charge in [-0.05, 0) is 0 Å². The van der Waals surface area contributed by atoms with Crippen LogP contribution in [0.2, 0.25) is 10.3 Å². The number of hydrogen-bond acceptors (Lipinski definition) is 4. The van der Waals surface area contributed by atoms with Crippen LogP contribution in [0.4, 0.5) is 0 Å². The molecule has 0 aliphatic carbocycles. The average Bonchev–Trinajstić information content (AvgIpc) is 2.10. The van der Waals surface area contributed by atoms with E-state index in [1.165, 1.54) is 0 Å². The van der Waals surface area contributed by atoms with Gasteiger partial charge in [0, 0.05) is 5.92 Å². The van der Waals surface area contributed by atoms with E-state index in [2.05, 4.69) is 15.1 Å². The van der Waals surface area contributed by atoms with Crippen molar-refractivity contribution in [1.29, 1.82) is 0 Å². The number of halogens is 2. The van der Waals surface area contributed by atoms with Gasteiger partial charge in [-0.15, -0.1) is 0 Å². The van der Waals surface area contributed by atoms with Gasteiger partial charge in [0.05, 0.1) is 11.8 Å². The Morgan fingerprint density at radius 2 is 1.79 bits per heavy atom. The molecule has 0 aromatic carbocycles. The highest BCUT2D eigenvalue weighted by molar-refractivity contribution is 6.37. The van der Waals surface area contributed by atoms with Crippen molar-refractivity contribution in [3.05, 3.63) is 21.7 Å². The van der Waals surface area contributed by atoms with Gasteiger partial charge in [-0.1, -0.05) is 42.2 Å². The topological polar surface area (TPSA) is 58.4 Å². The fraction of sp³-hybridized carbons (Fsp3) is 0.375. The van der Waals surface area contributed by atoms with Gasteiger partial charge in [-0.2, -0.15) is 0 Å². The van der Waals surface area contributed by atoms with Crippen LogP contribution in [0.5, 0.6) is 0 Å². The van der Waals surface area contributed by atoms with E-state index in [0.29, 0.717) is 11.4 Å². The van der Waals surface area contributed by atoms with E-state index in [9.17, 15) is 0 Å². The summed E-state index contributed by atoms with van der Waals surface area (Å²) >= 11 is 11.6. The van der Waals surface area contributed by atoms with Crippen LogP contribution in [0.15, 0.2) is 5.16 Å². The standard InChI is InChI=1S/C8H9Cl2N3O/c1-4(2)8-12-6(9)5(3-11-14)7(10)13-8/h3-4,14H,1-2H3/b11-3+. The Kier molecular flexibility index (Phi) is 3.66. The Hall–Kier alpha value is -0.870. The highest BCUT2D eigenvalue weighted by atomic mass is 35.5. The summed E-state index contributed by atoms with van der Waals surface area (Å²) in [5.41, 5.74) is 0.320. The number of nitrogens with zero attached hydrogens (tertiary/aromatic N) is 3. The predicted octanol–water partition coefficient (Wildman–Crippen LogP) is 2.71. The highest BCUT2D eigenvalue weighted by Gasteiger charge is 2.11. The molecule has 1 heterocycles. The molecule has 14 heavy (non-hydrogen) atoms. The molecule has 6 heteroatoms. The fourth-order valence-electron chi connectivity index (χ4n) is 0.854. The van der Waals surface area contributed by atoms with Crippen molar-refractivity contribution in [3.8, 4) is 0 Å². The molecule has 0 spiro atoms. The van der Waals surface area contributed by atoms with E-state index in [1.54, 1.807) is 0 Å². The van der Waals surface area contributed by atoms with Crippen molar-refractivity contribution in [2.45, 2.75) is 19.8 Å². The zero-order valence-electron chi connectivity index (χ0n) is 7.70. The van der Waals surface area contributed by atoms with Crippen molar-refractivity contribution >= 4 is 29.4 Å². The first-order valence-corrected chi connectivity index (χ1v) is 4.72. The molecule has 1 aromatic heterocycles. The summed E-state index contributed by atoms with van der Waals surface area (Å²) in [6.07, 6.45) is 1.11. The minimum absolute atomic E-state index is 0.144. The quantitative estimate of drug-likeness (QED) is 0.370. The van der Waals surface area contributed by atoms with Gasteiger partial charge in [0.15, 0.2) is 0 Å². The summed E-state index contributed by atoms with van der Waals surface area (Å²) in [5, 5.41) is 11.5. The minimum Gasteiger partial charge on any atom is -0.411 e. The largest absolute Gasteiger partial charge is 0.411 e. The molecule has 0 radical (unpaired) electrons. The lowest BCUT2D eigenvalue weighted by Gasteiger charge is -2.06. The van der Waals surface area contributed by atoms with Crippen LogP contribution in [-0.2, 0) is 0 Å². The monoisotopic (exact) mass is 233 g/mol. The van der Waals surface area contributed by atoms with Crippen molar-refractivity contribution in [3.63, 3.8) is 0 Å². The first kappa shape index (κ1) is 11.2. The summed E-state index contributed by atoms with van der Waals surface area (Å²) < 4.78 is 0. The third-order valence-electron chi connectivity index (χ3n) is 1.57. The molecule has 0 bridgehead atoms. The van der Waals surface area contributed by atoms with Crippen LogP contribution in [0.25, 0.3) is 0 Å². The molecule has 0 saturated heterocycles. The Morgan fingerprint density at radius 1 is 1.29 bits per heavy atom. The first-order valence-electron chi connectivity index (χ1n) is 3.96. The maximum Gasteiger partial charge on any atom is 0.143 e. The molecule has 0 aliphatic rings. The van der Waals surface area contributed by atoms with Crippen molar-refractivity contribution in [2.75, 3.05) is 0 Å². The van der Waals surface area contributed by atoms with Crippen LogP contribution >= 0.6 is 23.2 Å². The average molecular weight is 234 g/mol. The maximum atomic E-state index is 8.34. The summed E-state index contributed by atoms with van der Waals surface area (Å²) in [4.78, 5) is 8.04. The van der Waals surface area contributed by atoms with E-state index in [0.717, 1.165) is 6.21 Å². The van der Waals surface area contributed by atoms with E-state index in [1.807, 2.05) is 13.8 Å². The molecule has 0 fully saturated rings. The molecule has 0 atom stereocenters. The van der Waals surface area contributed by atoms with Gasteiger partial charge < -0.3 is 5.21 Å². The summed E-state index contributed by atoms with van der Waals surface area (Å²) in [5.74, 6) is 0.709. The molecule has 1 aromatic rings. The molecule has 0 aliphatic heterocycles. The van der Waals surface area contributed by atoms with Gasteiger partial charge in [0.1, 0.15) is 16.1 Å². The lowest BCUT2D eigenvalue weighted by atomic mass is 10.2. The minimum atomic E-state index is 0.144. The van der Waals surface area contributed by atoms with E-state index >= 15 is 0 Å². The molecule has 0 saturated carbocycles. The summed E-state index contributed by atoms with van der Waals surface area (Å²) in [6, 6.07) is 0. The Bertz CT molecular complexity index is 343. The van der Waals surface area contributed by atoms with E-state index in [-0.39, 0.29) is 16.2 Å². The van der Waals surface area contributed by atoms with Gasteiger partial charge in [-0.25, -0.2) is 9.97 Å². The summed E-state index contributed by atoms with van der Waals surface area (Å²) in [7, 11) is 0. The van der Waals surface area contributed by atoms with Crippen LogP contribution in [-0.4, -0.2) is 21.4 Å². The lowest BCUT2D eigenvalue weighted by Crippen LogP contribution is -2.01. The van der Waals surface area contributed by atoms with Crippen LogP contribution < -0.4 is 0 Å². The Morgan fingerprint density at radius 3 is 2.14 bits per heavy atom. The van der Waals surface area contributed by atoms with Crippen LogP contribution in [0.3, 0.4) is 0 Å². The lowest BCUT2D eigenvalue weighted by molar-refractivity contribution is 0.322. The van der Waals surface area contributed by atoms with Crippen LogP contribution in [0.1, 0.15) is 31.2 Å². The van der Waals surface area contributed by atoms with Crippen molar-refractivity contribution in [2.24, 2.45) is 5.16 Å². The first-order chi connectivity index (χ1) is 6.56. The SMILES string of the molecule is CC(C)c1nc(Cl)c(/C=N/O)c(Cl)n1. The number of aromatic nitrogens is 2. The Labute approximate surface area is 91.6 Å². The number of rotatable bonds is 2.